The number of carbonyl (C=O) groups excluding carboxylic acids is 2. The first kappa shape index (κ1) is 13.7. The molecule has 0 radical (unpaired) electrons. The van der Waals surface area contributed by atoms with Gasteiger partial charge >= 0.3 is 0 Å². The zero-order valence-corrected chi connectivity index (χ0v) is 12.3. The summed E-state index contributed by atoms with van der Waals surface area (Å²) in [5.74, 6) is -1.61. The molecular formula is C13H12BrFN2O2. The van der Waals surface area contributed by atoms with Crippen molar-refractivity contribution >= 4 is 38.5 Å². The van der Waals surface area contributed by atoms with E-state index in [1.807, 2.05) is 0 Å². The predicted octanol–water partition coefficient (Wildman–Crippen LogP) is 2.65. The zero-order chi connectivity index (χ0) is 14.3. The summed E-state index contributed by atoms with van der Waals surface area (Å²) < 4.78 is 14.0. The first-order valence-corrected chi connectivity index (χ1v) is 6.35. The van der Waals surface area contributed by atoms with Gasteiger partial charge in [-0.1, -0.05) is 0 Å². The van der Waals surface area contributed by atoms with Gasteiger partial charge in [0, 0.05) is 35.7 Å². The average molecular weight is 327 g/mol. The van der Waals surface area contributed by atoms with Gasteiger partial charge < -0.3 is 9.88 Å². The van der Waals surface area contributed by atoms with Crippen molar-refractivity contribution < 1.29 is 14.0 Å². The van der Waals surface area contributed by atoms with Gasteiger partial charge in [0.15, 0.2) is 0 Å². The summed E-state index contributed by atoms with van der Waals surface area (Å²) in [5, 5.41) is 0.527. The fourth-order valence-corrected chi connectivity index (χ4v) is 2.49. The maximum absolute atomic E-state index is 13.6. The van der Waals surface area contributed by atoms with Gasteiger partial charge in [0.1, 0.15) is 5.82 Å². The molecule has 0 unspecified atom stereocenters. The van der Waals surface area contributed by atoms with E-state index in [0.29, 0.717) is 20.9 Å². The van der Waals surface area contributed by atoms with E-state index in [0.717, 1.165) is 0 Å². The smallest absolute Gasteiger partial charge is 0.294 e. The van der Waals surface area contributed by atoms with Crippen molar-refractivity contribution in [2.45, 2.75) is 6.92 Å². The van der Waals surface area contributed by atoms with Crippen LogP contribution in [0.5, 0.6) is 0 Å². The Morgan fingerprint density at radius 2 is 2.00 bits per heavy atom. The van der Waals surface area contributed by atoms with Crippen LogP contribution >= 0.6 is 15.9 Å². The quantitative estimate of drug-likeness (QED) is 0.681. The number of nitrogens with one attached hydrogen (secondary N) is 1. The molecule has 0 saturated heterocycles. The number of benzene rings is 1. The van der Waals surface area contributed by atoms with Crippen LogP contribution in [-0.4, -0.2) is 35.7 Å². The number of rotatable bonds is 2. The van der Waals surface area contributed by atoms with E-state index in [2.05, 4.69) is 20.9 Å². The van der Waals surface area contributed by atoms with Gasteiger partial charge in [-0.05, 0) is 28.9 Å². The molecule has 0 aliphatic heterocycles. The van der Waals surface area contributed by atoms with E-state index in [1.54, 1.807) is 6.92 Å². The Bertz CT molecular complexity index is 691. The van der Waals surface area contributed by atoms with Gasteiger partial charge in [-0.2, -0.15) is 0 Å². The number of hydrogen-bond donors (Lipinski definition) is 1. The van der Waals surface area contributed by atoms with Gasteiger partial charge in [-0.25, -0.2) is 4.39 Å². The molecule has 0 saturated carbocycles. The number of aromatic nitrogens is 1. The van der Waals surface area contributed by atoms with Crippen molar-refractivity contribution in [1.29, 1.82) is 0 Å². The Morgan fingerprint density at radius 3 is 2.58 bits per heavy atom. The number of amides is 1. The Hall–Kier alpha value is -1.69. The second-order valence-corrected chi connectivity index (χ2v) is 5.30. The summed E-state index contributed by atoms with van der Waals surface area (Å²) in [6.07, 6.45) is 1.44. The Kier molecular flexibility index (Phi) is 3.45. The molecule has 0 aliphatic rings. The average Bonchev–Trinajstić information content (AvgIpc) is 2.79. The molecule has 0 spiro atoms. The molecule has 0 atom stereocenters. The first-order chi connectivity index (χ1) is 8.84. The standard InChI is InChI=1S/C13H12BrFN2O2/c1-6-9(15)4-8(14)10-7(5-16-11(6)10)12(18)13(19)17(2)3/h4-5,16H,1-3H3. The van der Waals surface area contributed by atoms with Gasteiger partial charge in [0.05, 0.1) is 11.1 Å². The van der Waals surface area contributed by atoms with Crippen molar-refractivity contribution in [3.63, 3.8) is 0 Å². The highest BCUT2D eigenvalue weighted by molar-refractivity contribution is 9.10. The molecule has 4 nitrogen and oxygen atoms in total. The minimum absolute atomic E-state index is 0.240. The molecule has 0 aliphatic carbocycles. The lowest BCUT2D eigenvalue weighted by atomic mass is 10.1. The largest absolute Gasteiger partial charge is 0.360 e. The van der Waals surface area contributed by atoms with Crippen LogP contribution in [0.2, 0.25) is 0 Å². The number of aromatic amines is 1. The van der Waals surface area contributed by atoms with Crippen LogP contribution in [0.4, 0.5) is 4.39 Å². The predicted molar refractivity (Wildman–Crippen MR) is 73.7 cm³/mol. The molecule has 1 aromatic heterocycles. The molecule has 0 fully saturated rings. The van der Waals surface area contributed by atoms with Crippen LogP contribution in [0, 0.1) is 12.7 Å². The van der Waals surface area contributed by atoms with Crippen LogP contribution in [0.1, 0.15) is 15.9 Å². The van der Waals surface area contributed by atoms with E-state index in [4.69, 9.17) is 0 Å². The van der Waals surface area contributed by atoms with E-state index in [9.17, 15) is 14.0 Å². The van der Waals surface area contributed by atoms with Crippen molar-refractivity contribution in [3.8, 4) is 0 Å². The van der Waals surface area contributed by atoms with E-state index in [-0.39, 0.29) is 11.4 Å². The third-order valence-corrected chi connectivity index (χ3v) is 3.58. The molecule has 0 bridgehead atoms. The number of H-pyrrole nitrogens is 1. The number of likely N-dealkylation sites (N-methyl/N-ethyl adjacent to an activating group) is 1. The van der Waals surface area contributed by atoms with Crippen molar-refractivity contribution in [1.82, 2.24) is 9.88 Å². The third kappa shape index (κ3) is 2.16. The van der Waals surface area contributed by atoms with Crippen LogP contribution in [0.25, 0.3) is 10.9 Å². The minimum Gasteiger partial charge on any atom is -0.360 e. The number of Topliss-reactive ketones (excluding diaryl/α,β-unsaturated/α-hetero) is 1. The molecule has 1 N–H and O–H groups in total. The molecule has 1 amide bonds. The number of carbonyl (C=O) groups is 2. The summed E-state index contributed by atoms with van der Waals surface area (Å²) in [5.41, 5.74) is 1.17. The number of fused-ring (bicyclic) bond motifs is 1. The molecule has 1 heterocycles. The number of aryl methyl sites for hydroxylation is 1. The maximum atomic E-state index is 13.6. The number of hydrogen-bond acceptors (Lipinski definition) is 2. The topological polar surface area (TPSA) is 53.2 Å². The molecule has 19 heavy (non-hydrogen) atoms. The van der Waals surface area contributed by atoms with Crippen molar-refractivity contribution in [3.05, 3.63) is 33.7 Å². The Morgan fingerprint density at radius 1 is 1.37 bits per heavy atom. The lowest BCUT2D eigenvalue weighted by Gasteiger charge is -2.08. The lowest BCUT2D eigenvalue weighted by Crippen LogP contribution is -2.29. The second-order valence-electron chi connectivity index (χ2n) is 4.45. The first-order valence-electron chi connectivity index (χ1n) is 5.56. The highest BCUT2D eigenvalue weighted by Gasteiger charge is 2.24. The highest BCUT2D eigenvalue weighted by Crippen LogP contribution is 2.31. The van der Waals surface area contributed by atoms with E-state index >= 15 is 0 Å². The normalized spacial score (nSPS) is 10.8. The molecule has 1 aromatic carbocycles. The fourth-order valence-electron chi connectivity index (χ4n) is 1.88. The number of nitrogens with zero attached hydrogens (tertiary/aromatic N) is 1. The van der Waals surface area contributed by atoms with E-state index < -0.39 is 11.7 Å². The number of ketones is 1. The summed E-state index contributed by atoms with van der Waals surface area (Å²) in [4.78, 5) is 27.9. The zero-order valence-electron chi connectivity index (χ0n) is 10.7. The molecule has 2 aromatic rings. The highest BCUT2D eigenvalue weighted by atomic mass is 79.9. The summed E-state index contributed by atoms with van der Waals surface area (Å²) in [7, 11) is 3.02. The monoisotopic (exact) mass is 326 g/mol. The van der Waals surface area contributed by atoms with Gasteiger partial charge in [0.25, 0.3) is 11.7 Å². The van der Waals surface area contributed by atoms with Crippen LogP contribution in [0.15, 0.2) is 16.7 Å². The summed E-state index contributed by atoms with van der Waals surface area (Å²) in [6.45, 7) is 1.61. The summed E-state index contributed by atoms with van der Waals surface area (Å²) in [6, 6.07) is 1.29. The number of halogens is 2. The maximum Gasteiger partial charge on any atom is 0.294 e. The molecular weight excluding hydrogens is 315 g/mol. The summed E-state index contributed by atoms with van der Waals surface area (Å²) >= 11 is 3.23. The van der Waals surface area contributed by atoms with Gasteiger partial charge in [-0.15, -0.1) is 0 Å². The second kappa shape index (κ2) is 4.77. The SMILES string of the molecule is Cc1c(F)cc(Br)c2c(C(=O)C(=O)N(C)C)c[nH]c12. The fraction of sp³-hybridized carbons (Fsp3) is 0.231. The van der Waals surface area contributed by atoms with E-state index in [1.165, 1.54) is 31.3 Å². The van der Waals surface area contributed by atoms with Gasteiger partial charge in [-0.3, -0.25) is 9.59 Å². The third-order valence-electron chi connectivity index (χ3n) is 2.95. The lowest BCUT2D eigenvalue weighted by molar-refractivity contribution is -0.124. The Balaban J connectivity index is 2.68. The molecule has 6 heteroatoms. The van der Waals surface area contributed by atoms with Crippen LogP contribution < -0.4 is 0 Å². The van der Waals surface area contributed by atoms with Crippen LogP contribution in [-0.2, 0) is 4.79 Å². The molecule has 100 valence electrons. The Labute approximate surface area is 117 Å². The van der Waals surface area contributed by atoms with Crippen molar-refractivity contribution in [2.75, 3.05) is 14.1 Å². The van der Waals surface area contributed by atoms with Crippen LogP contribution in [0.3, 0.4) is 0 Å². The molecule has 2 rings (SSSR count). The van der Waals surface area contributed by atoms with Crippen molar-refractivity contribution in [2.24, 2.45) is 0 Å². The van der Waals surface area contributed by atoms with Gasteiger partial charge in [0.2, 0.25) is 0 Å². The minimum atomic E-state index is -0.622.